The second-order valence-electron chi connectivity index (χ2n) is 5.67. The van der Waals surface area contributed by atoms with E-state index in [0.29, 0.717) is 0 Å². The van der Waals surface area contributed by atoms with Crippen LogP contribution in [-0.4, -0.2) is 36.4 Å². The maximum absolute atomic E-state index is 11.5. The molecular weight excluding hydrogens is 305 g/mol. The number of unbranched alkanes of at least 4 members (excludes halogenated alkanes) is 8. The topological polar surface area (TPSA) is 96.5 Å². The summed E-state index contributed by atoms with van der Waals surface area (Å²) >= 11 is 0. The molecule has 130 valence electrons. The van der Waals surface area contributed by atoms with E-state index in [1.54, 1.807) is 0 Å². The number of carbonyl (C=O) groups excluding carboxylic acids is 2. The molecule has 0 rings (SSSR count). The monoisotopic (exact) mass is 337 g/mol. The summed E-state index contributed by atoms with van der Waals surface area (Å²) in [7, 11) is 1.49. The summed E-state index contributed by atoms with van der Waals surface area (Å²) in [4.78, 5) is 24.1. The zero-order valence-electron chi connectivity index (χ0n) is 16.0. The molecule has 0 aliphatic rings. The van der Waals surface area contributed by atoms with Gasteiger partial charge in [0.25, 0.3) is 0 Å². The van der Waals surface area contributed by atoms with Gasteiger partial charge < -0.3 is 16.8 Å². The number of nitrogens with zero attached hydrogens (tertiary/aromatic N) is 1. The maximum Gasteiger partial charge on any atom is 1.00 e. The van der Waals surface area contributed by atoms with Crippen molar-refractivity contribution in [2.24, 2.45) is 5.73 Å². The van der Waals surface area contributed by atoms with Crippen molar-refractivity contribution in [2.45, 2.75) is 71.1 Å². The molecule has 0 aromatic carbocycles. The Labute approximate surface area is 163 Å². The number of esters is 2. The number of hydrogen-bond acceptors (Lipinski definition) is 4. The van der Waals surface area contributed by atoms with Crippen LogP contribution in [0.1, 0.15) is 72.6 Å². The molecule has 0 amide bonds. The summed E-state index contributed by atoms with van der Waals surface area (Å²) in [5.74, 6) is -1.40. The van der Waals surface area contributed by atoms with E-state index in [9.17, 15) is 9.59 Å². The van der Waals surface area contributed by atoms with Gasteiger partial charge in [-0.25, -0.2) is 4.79 Å². The third kappa shape index (κ3) is 16.1. The molecule has 0 saturated heterocycles. The minimum absolute atomic E-state index is 0. The molecule has 0 saturated carbocycles. The van der Waals surface area contributed by atoms with Crippen LogP contribution in [-0.2, 0) is 14.3 Å². The van der Waals surface area contributed by atoms with E-state index >= 15 is 0 Å². The first-order valence-corrected chi connectivity index (χ1v) is 8.26. The largest absolute Gasteiger partial charge is 1.00 e. The van der Waals surface area contributed by atoms with E-state index in [1.165, 1.54) is 50.5 Å². The third-order valence-electron chi connectivity index (χ3n) is 3.49. The normalized spacial score (nSPS) is 9.83. The van der Waals surface area contributed by atoms with Crippen molar-refractivity contribution in [3.8, 4) is 0 Å². The Morgan fingerprint density at radius 1 is 1.00 bits per heavy atom. The molecule has 0 fully saturated rings. The summed E-state index contributed by atoms with van der Waals surface area (Å²) in [6.07, 6.45) is 10.8. The predicted molar refractivity (Wildman–Crippen MR) is 88.6 cm³/mol. The number of nitrogens with one attached hydrogen (secondary N) is 1. The van der Waals surface area contributed by atoms with Crippen LogP contribution in [0.3, 0.4) is 0 Å². The van der Waals surface area contributed by atoms with Crippen LogP contribution in [0.2, 0.25) is 0 Å². The molecule has 0 heterocycles. The fourth-order valence-electron chi connectivity index (χ4n) is 2.07. The molecule has 0 spiro atoms. The fraction of sp³-hybridized carbons (Fsp3) is 0.812. The van der Waals surface area contributed by atoms with E-state index in [1.807, 2.05) is 0 Å². The zero-order chi connectivity index (χ0) is 16.8. The van der Waals surface area contributed by atoms with Crippen LogP contribution >= 0.6 is 0 Å². The molecule has 0 radical (unpaired) electrons. The summed E-state index contributed by atoms with van der Waals surface area (Å²) in [5.41, 5.74) is 5.20. The van der Waals surface area contributed by atoms with Crippen LogP contribution in [0.4, 0.5) is 0 Å². The van der Waals surface area contributed by atoms with Gasteiger partial charge in [0.1, 0.15) is 6.54 Å². The number of hydrogen-bond donors (Lipinski definition) is 2. The molecule has 3 N–H and O–H groups in total. The van der Waals surface area contributed by atoms with Gasteiger partial charge in [0.05, 0.1) is 0 Å². The van der Waals surface area contributed by atoms with Gasteiger partial charge in [0.2, 0.25) is 0 Å². The van der Waals surface area contributed by atoms with Crippen LogP contribution < -0.4 is 35.3 Å². The van der Waals surface area contributed by atoms with Crippen molar-refractivity contribution in [1.29, 1.82) is 5.41 Å². The first-order valence-electron chi connectivity index (χ1n) is 8.26. The molecule has 0 unspecified atom stereocenters. The number of rotatable bonds is 12. The predicted octanol–water partition coefficient (Wildman–Crippen LogP) is -0.0811. The second-order valence-corrected chi connectivity index (χ2v) is 5.67. The van der Waals surface area contributed by atoms with Gasteiger partial charge in [-0.1, -0.05) is 58.3 Å². The molecule has 7 heteroatoms. The van der Waals surface area contributed by atoms with E-state index < -0.39 is 11.9 Å². The molecule has 0 aromatic rings. The van der Waals surface area contributed by atoms with Crippen molar-refractivity contribution < 1.29 is 45.3 Å². The summed E-state index contributed by atoms with van der Waals surface area (Å²) in [5, 5.41) is 7.12. The molecule has 0 aliphatic heterocycles. The standard InChI is InChI=1S/C16H31N3O3.Na.H/c1-3-4-5-6-7-8-9-10-11-12-14(20)22-15(21)13-19(2)16(17)18;;/h3-13H2,1-2H3,(H3,17,18);;/q;+1;-1. The third-order valence-corrected chi connectivity index (χ3v) is 3.49. The molecule has 0 bridgehead atoms. The molecule has 0 aromatic heterocycles. The average molecular weight is 337 g/mol. The van der Waals surface area contributed by atoms with Gasteiger partial charge in [0.15, 0.2) is 5.96 Å². The molecular formula is C16H32N3NaO3. The van der Waals surface area contributed by atoms with Gasteiger partial charge in [-0.15, -0.1) is 0 Å². The number of likely N-dealkylation sites (N-methyl/N-ethyl adjacent to an activating group) is 1. The molecule has 23 heavy (non-hydrogen) atoms. The Morgan fingerprint density at radius 3 is 1.96 bits per heavy atom. The van der Waals surface area contributed by atoms with Crippen molar-refractivity contribution >= 4 is 17.9 Å². The van der Waals surface area contributed by atoms with Crippen molar-refractivity contribution in [2.75, 3.05) is 13.6 Å². The quantitative estimate of drug-likeness (QED) is 0.130. The number of carbonyl (C=O) groups is 2. The number of guanidine groups is 1. The van der Waals surface area contributed by atoms with Gasteiger partial charge >= 0.3 is 41.5 Å². The summed E-state index contributed by atoms with van der Waals surface area (Å²) in [6.45, 7) is 2.03. The number of ether oxygens (including phenoxy) is 1. The van der Waals surface area contributed by atoms with Gasteiger partial charge in [-0.05, 0) is 6.42 Å². The Hall–Kier alpha value is -0.590. The Bertz CT molecular complexity index is 357. The average Bonchev–Trinajstić information content (AvgIpc) is 2.45. The number of nitrogens with two attached hydrogens (primary N) is 1. The van der Waals surface area contributed by atoms with E-state index in [4.69, 9.17) is 11.1 Å². The first-order chi connectivity index (χ1) is 10.5. The van der Waals surface area contributed by atoms with Crippen LogP contribution in [0.5, 0.6) is 0 Å². The smallest absolute Gasteiger partial charge is 1.00 e. The van der Waals surface area contributed by atoms with Crippen LogP contribution in [0, 0.1) is 5.41 Å². The summed E-state index contributed by atoms with van der Waals surface area (Å²) < 4.78 is 4.67. The summed E-state index contributed by atoms with van der Waals surface area (Å²) in [6, 6.07) is 0. The van der Waals surface area contributed by atoms with Crippen molar-refractivity contribution in [3.05, 3.63) is 0 Å². The Morgan fingerprint density at radius 2 is 1.48 bits per heavy atom. The maximum atomic E-state index is 11.5. The zero-order valence-corrected chi connectivity index (χ0v) is 17.0. The minimum atomic E-state index is -0.668. The van der Waals surface area contributed by atoms with E-state index in [-0.39, 0.29) is 49.9 Å². The minimum Gasteiger partial charge on any atom is -1.00 e. The SMILES string of the molecule is CCCCCCCCCCCC(=O)OC(=O)CN(C)C(=N)N.[H-].[Na+]. The van der Waals surface area contributed by atoms with Crippen molar-refractivity contribution in [3.63, 3.8) is 0 Å². The first kappa shape index (κ1) is 24.7. The van der Waals surface area contributed by atoms with E-state index in [0.717, 1.165) is 19.3 Å². The van der Waals surface area contributed by atoms with Crippen LogP contribution in [0.25, 0.3) is 0 Å². The van der Waals surface area contributed by atoms with Gasteiger partial charge in [0, 0.05) is 13.5 Å². The van der Waals surface area contributed by atoms with Gasteiger partial charge in [-0.2, -0.15) is 0 Å². The van der Waals surface area contributed by atoms with Gasteiger partial charge in [-0.3, -0.25) is 10.2 Å². The molecule has 0 aliphatic carbocycles. The van der Waals surface area contributed by atoms with E-state index in [2.05, 4.69) is 11.7 Å². The van der Waals surface area contributed by atoms with Crippen LogP contribution in [0.15, 0.2) is 0 Å². The second kappa shape index (κ2) is 16.3. The van der Waals surface area contributed by atoms with Crippen molar-refractivity contribution in [1.82, 2.24) is 4.90 Å². The molecule has 6 nitrogen and oxygen atoms in total. The Balaban J connectivity index is -0.00000220. The fourth-order valence-corrected chi connectivity index (χ4v) is 2.07. The molecule has 0 atom stereocenters. The Kier molecular flexibility index (Phi) is 17.4.